The van der Waals surface area contributed by atoms with Crippen molar-refractivity contribution in [1.29, 1.82) is 0 Å². The summed E-state index contributed by atoms with van der Waals surface area (Å²) in [5, 5.41) is 3.53. The van der Waals surface area contributed by atoms with E-state index in [1.165, 1.54) is 4.90 Å². The van der Waals surface area contributed by atoms with Crippen LogP contribution in [0, 0.1) is 0 Å². The van der Waals surface area contributed by atoms with Crippen LogP contribution in [0.25, 0.3) is 0 Å². The summed E-state index contributed by atoms with van der Waals surface area (Å²) in [6, 6.07) is 23.5. The molecule has 1 amide bonds. The van der Waals surface area contributed by atoms with Crippen LogP contribution >= 0.6 is 11.8 Å². The second kappa shape index (κ2) is 7.37. The summed E-state index contributed by atoms with van der Waals surface area (Å²) in [7, 11) is 1.63. The molecule has 1 N–H and O–H groups in total. The number of fused-ring (bicyclic) bond motifs is 1. The smallest absolute Gasteiger partial charge is 0.262 e. The Balaban J connectivity index is 1.80. The highest BCUT2D eigenvalue weighted by molar-refractivity contribution is 7.98. The van der Waals surface area contributed by atoms with E-state index in [0.29, 0.717) is 5.56 Å². The molecule has 0 radical (unpaired) electrons. The lowest BCUT2D eigenvalue weighted by Crippen LogP contribution is -2.43. The van der Waals surface area contributed by atoms with Gasteiger partial charge in [0, 0.05) is 16.3 Å². The van der Waals surface area contributed by atoms with Gasteiger partial charge in [0.25, 0.3) is 5.91 Å². The summed E-state index contributed by atoms with van der Waals surface area (Å²) in [4.78, 5) is 16.3. The lowest BCUT2D eigenvalue weighted by molar-refractivity contribution is 0.0975. The first kappa shape index (κ1) is 17.5. The van der Waals surface area contributed by atoms with Crippen molar-refractivity contribution in [3.63, 3.8) is 0 Å². The standard InChI is InChI=1S/C22H20N2O2S/c1-26-17-11-9-16(10-12-17)24-21(15-7-13-18(27-2)14-8-15)23-20-6-4-3-5-19(20)22(24)25/h3-14,21,23H,1-2H3/t21-/m0/s1. The van der Waals surface area contributed by atoms with Crippen LogP contribution < -0.4 is 15.0 Å². The molecule has 27 heavy (non-hydrogen) atoms. The second-order valence-corrected chi connectivity index (χ2v) is 7.12. The van der Waals surface area contributed by atoms with E-state index in [0.717, 1.165) is 22.7 Å². The van der Waals surface area contributed by atoms with Crippen LogP contribution in [-0.4, -0.2) is 19.3 Å². The van der Waals surface area contributed by atoms with Crippen LogP contribution in [-0.2, 0) is 0 Å². The minimum Gasteiger partial charge on any atom is -0.497 e. The number of hydrogen-bond acceptors (Lipinski definition) is 4. The Labute approximate surface area is 163 Å². The Morgan fingerprint density at radius 2 is 1.67 bits per heavy atom. The molecule has 1 atom stereocenters. The van der Waals surface area contributed by atoms with Crippen molar-refractivity contribution < 1.29 is 9.53 Å². The third kappa shape index (κ3) is 3.26. The van der Waals surface area contributed by atoms with Crippen molar-refractivity contribution in [3.8, 4) is 5.75 Å². The zero-order valence-corrected chi connectivity index (χ0v) is 16.0. The Morgan fingerprint density at radius 1 is 0.963 bits per heavy atom. The van der Waals surface area contributed by atoms with Gasteiger partial charge in [0.05, 0.1) is 12.7 Å². The van der Waals surface area contributed by atoms with Gasteiger partial charge in [-0.15, -0.1) is 11.8 Å². The van der Waals surface area contributed by atoms with E-state index in [4.69, 9.17) is 4.74 Å². The molecule has 4 nitrogen and oxygen atoms in total. The van der Waals surface area contributed by atoms with Crippen LogP contribution in [0.4, 0.5) is 11.4 Å². The van der Waals surface area contributed by atoms with Crippen LogP contribution in [0.5, 0.6) is 5.75 Å². The Hall–Kier alpha value is -2.92. The van der Waals surface area contributed by atoms with Gasteiger partial charge in [-0.1, -0.05) is 24.3 Å². The number of anilines is 2. The summed E-state index contributed by atoms with van der Waals surface area (Å²) in [6.07, 6.45) is 1.77. The normalized spacial score (nSPS) is 15.9. The molecule has 0 aliphatic carbocycles. The van der Waals surface area contributed by atoms with E-state index in [9.17, 15) is 4.79 Å². The number of methoxy groups -OCH3 is 1. The predicted molar refractivity (Wildman–Crippen MR) is 111 cm³/mol. The van der Waals surface area contributed by atoms with Gasteiger partial charge in [0.2, 0.25) is 0 Å². The zero-order chi connectivity index (χ0) is 18.8. The number of carbonyl (C=O) groups is 1. The average Bonchev–Trinajstić information content (AvgIpc) is 2.74. The minimum absolute atomic E-state index is 0.0199. The molecule has 0 bridgehead atoms. The van der Waals surface area contributed by atoms with E-state index in [-0.39, 0.29) is 12.1 Å². The van der Waals surface area contributed by atoms with Crippen molar-refractivity contribution in [2.45, 2.75) is 11.1 Å². The third-order valence-corrected chi connectivity index (χ3v) is 5.45. The molecule has 0 unspecified atom stereocenters. The SMILES string of the molecule is COc1ccc(N2C(=O)c3ccccc3N[C@@H]2c2ccc(SC)cc2)cc1. The number of rotatable bonds is 4. The molecule has 5 heteroatoms. The van der Waals surface area contributed by atoms with Gasteiger partial charge in [-0.05, 0) is 60.4 Å². The van der Waals surface area contributed by atoms with Crippen LogP contribution in [0.2, 0.25) is 0 Å². The summed E-state index contributed by atoms with van der Waals surface area (Å²) in [5.74, 6) is 0.742. The highest BCUT2D eigenvalue weighted by Gasteiger charge is 2.33. The van der Waals surface area contributed by atoms with Crippen molar-refractivity contribution in [3.05, 3.63) is 83.9 Å². The first-order chi connectivity index (χ1) is 13.2. The highest BCUT2D eigenvalue weighted by atomic mass is 32.2. The number of ether oxygens (including phenoxy) is 1. The molecule has 0 spiro atoms. The second-order valence-electron chi connectivity index (χ2n) is 6.24. The van der Waals surface area contributed by atoms with Gasteiger partial charge in [0.15, 0.2) is 0 Å². The largest absolute Gasteiger partial charge is 0.497 e. The molecular weight excluding hydrogens is 356 g/mol. The maximum absolute atomic E-state index is 13.3. The van der Waals surface area contributed by atoms with Crippen molar-refractivity contribution in [2.75, 3.05) is 23.6 Å². The van der Waals surface area contributed by atoms with Gasteiger partial charge in [-0.25, -0.2) is 0 Å². The highest BCUT2D eigenvalue weighted by Crippen LogP contribution is 2.37. The number of para-hydroxylation sites is 1. The summed E-state index contributed by atoms with van der Waals surface area (Å²) < 4.78 is 5.26. The molecule has 3 aromatic carbocycles. The number of benzene rings is 3. The Kier molecular flexibility index (Phi) is 4.77. The number of carbonyl (C=O) groups excluding carboxylic acids is 1. The van der Waals surface area contributed by atoms with E-state index in [2.05, 4.69) is 35.8 Å². The van der Waals surface area contributed by atoms with Gasteiger partial charge in [0.1, 0.15) is 11.9 Å². The molecule has 1 aliphatic heterocycles. The average molecular weight is 376 g/mol. The number of nitrogens with one attached hydrogen (secondary N) is 1. The number of hydrogen-bond donors (Lipinski definition) is 1. The fourth-order valence-electron chi connectivity index (χ4n) is 3.28. The van der Waals surface area contributed by atoms with E-state index < -0.39 is 0 Å². The topological polar surface area (TPSA) is 41.6 Å². The molecule has 0 fully saturated rings. The molecule has 0 saturated heterocycles. The summed E-state index contributed by atoms with van der Waals surface area (Å²) >= 11 is 1.70. The van der Waals surface area contributed by atoms with Gasteiger partial charge in [-0.2, -0.15) is 0 Å². The van der Waals surface area contributed by atoms with E-state index in [1.807, 2.05) is 48.5 Å². The minimum atomic E-state index is -0.281. The lowest BCUT2D eigenvalue weighted by Gasteiger charge is -2.38. The Morgan fingerprint density at radius 3 is 2.33 bits per heavy atom. The first-order valence-corrected chi connectivity index (χ1v) is 9.91. The third-order valence-electron chi connectivity index (χ3n) is 4.71. The molecule has 1 heterocycles. The van der Waals surface area contributed by atoms with Gasteiger partial charge in [-0.3, -0.25) is 9.69 Å². The lowest BCUT2D eigenvalue weighted by atomic mass is 10.0. The molecule has 4 rings (SSSR count). The molecule has 0 saturated carbocycles. The maximum Gasteiger partial charge on any atom is 0.262 e. The van der Waals surface area contributed by atoms with E-state index in [1.54, 1.807) is 23.8 Å². The molecular formula is C22H20N2O2S. The molecule has 3 aromatic rings. The van der Waals surface area contributed by atoms with Crippen LogP contribution in [0.3, 0.4) is 0 Å². The predicted octanol–water partition coefficient (Wildman–Crippen LogP) is 5.19. The molecule has 1 aliphatic rings. The first-order valence-electron chi connectivity index (χ1n) is 8.68. The molecule has 136 valence electrons. The fourth-order valence-corrected chi connectivity index (χ4v) is 3.69. The van der Waals surface area contributed by atoms with Gasteiger partial charge < -0.3 is 10.1 Å². The number of nitrogens with zero attached hydrogens (tertiary/aromatic N) is 1. The van der Waals surface area contributed by atoms with E-state index >= 15 is 0 Å². The quantitative estimate of drug-likeness (QED) is 0.637. The van der Waals surface area contributed by atoms with Crippen molar-refractivity contribution in [1.82, 2.24) is 0 Å². The van der Waals surface area contributed by atoms with Crippen molar-refractivity contribution >= 4 is 29.0 Å². The monoisotopic (exact) mass is 376 g/mol. The van der Waals surface area contributed by atoms with Gasteiger partial charge >= 0.3 is 0 Å². The number of amides is 1. The maximum atomic E-state index is 13.3. The Bertz CT molecular complexity index is 955. The zero-order valence-electron chi connectivity index (χ0n) is 15.2. The van der Waals surface area contributed by atoms with Crippen LogP contribution in [0.15, 0.2) is 77.7 Å². The fraction of sp³-hybridized carbons (Fsp3) is 0.136. The van der Waals surface area contributed by atoms with Crippen molar-refractivity contribution in [2.24, 2.45) is 0 Å². The summed E-state index contributed by atoms with van der Waals surface area (Å²) in [6.45, 7) is 0. The van der Waals surface area contributed by atoms with Crippen LogP contribution in [0.1, 0.15) is 22.1 Å². The molecule has 0 aromatic heterocycles. The summed E-state index contributed by atoms with van der Waals surface area (Å²) in [5.41, 5.74) is 3.38. The number of thioether (sulfide) groups is 1.